The maximum atomic E-state index is 13.1. The number of alkyl halides is 2. The maximum Gasteiger partial charge on any atom is 0.281 e. The minimum atomic E-state index is -2.66. The molecule has 0 radical (unpaired) electrons. The minimum Gasteiger partial charge on any atom is -0.353 e. The van der Waals surface area contributed by atoms with E-state index in [1.165, 1.54) is 12.4 Å². The van der Waals surface area contributed by atoms with E-state index in [4.69, 9.17) is 9.76 Å². The van der Waals surface area contributed by atoms with Gasteiger partial charge in [-0.25, -0.2) is 28.7 Å². The number of rotatable bonds is 5. The zero-order valence-corrected chi connectivity index (χ0v) is 18.0. The first-order valence-corrected chi connectivity index (χ1v) is 11.7. The molecule has 0 amide bonds. The molecule has 1 N–H and O–H groups in total. The second-order valence-corrected chi connectivity index (χ2v) is 9.63. The molecular weight excluding hydrogens is 408 g/mol. The highest BCUT2D eigenvalue weighted by Crippen LogP contribution is 2.32. The molecule has 4 rings (SSSR count). The van der Waals surface area contributed by atoms with Gasteiger partial charge in [0.1, 0.15) is 17.2 Å². The Bertz CT molecular complexity index is 1070. The van der Waals surface area contributed by atoms with Gasteiger partial charge in [-0.15, -0.1) is 10.7 Å². The normalized spacial score (nSPS) is 23.3. The zero-order valence-electron chi connectivity index (χ0n) is 17.2. The first kappa shape index (κ1) is 20.8. The van der Waals surface area contributed by atoms with Crippen LogP contribution in [0.15, 0.2) is 30.9 Å². The fraction of sp³-hybridized carbons (Fsp3) is 0.500. The summed E-state index contributed by atoms with van der Waals surface area (Å²) in [5.74, 6) is 3.07. The van der Waals surface area contributed by atoms with Crippen LogP contribution in [-0.2, 0) is 10.7 Å². The molecule has 7 nitrogen and oxygen atoms in total. The summed E-state index contributed by atoms with van der Waals surface area (Å²) < 4.78 is 35.8. The predicted octanol–water partition coefficient (Wildman–Crippen LogP) is 3.99. The van der Waals surface area contributed by atoms with E-state index < -0.39 is 6.43 Å². The van der Waals surface area contributed by atoms with Crippen LogP contribution in [0.1, 0.15) is 32.4 Å². The van der Waals surface area contributed by atoms with Gasteiger partial charge in [-0.3, -0.25) is 9.18 Å². The van der Waals surface area contributed by atoms with E-state index in [2.05, 4.69) is 33.7 Å². The topological polar surface area (TPSA) is 83.1 Å². The largest absolute Gasteiger partial charge is 0.353 e. The van der Waals surface area contributed by atoms with Gasteiger partial charge in [-0.05, 0) is 37.5 Å². The lowest BCUT2D eigenvalue weighted by Crippen LogP contribution is -2.48. The van der Waals surface area contributed by atoms with Crippen LogP contribution >= 0.6 is 0 Å². The molecule has 1 fully saturated rings. The molecular formula is C20H25F2N7S. The molecule has 1 saturated heterocycles. The Morgan fingerprint density at radius 2 is 2.03 bits per heavy atom. The van der Waals surface area contributed by atoms with Crippen molar-refractivity contribution in [2.75, 3.05) is 23.5 Å². The molecule has 0 saturated carbocycles. The zero-order chi connectivity index (χ0) is 21.4. The fourth-order valence-electron chi connectivity index (χ4n) is 4.19. The summed E-state index contributed by atoms with van der Waals surface area (Å²) in [4.78, 5) is 19.4. The molecule has 0 aromatic carbocycles. The van der Waals surface area contributed by atoms with Gasteiger partial charge in [0, 0.05) is 30.7 Å². The van der Waals surface area contributed by atoms with Crippen LogP contribution in [0.4, 0.5) is 14.6 Å². The number of piperidine rings is 1. The van der Waals surface area contributed by atoms with Crippen LogP contribution in [0.2, 0.25) is 0 Å². The molecule has 3 aromatic rings. The van der Waals surface area contributed by atoms with Crippen LogP contribution in [-0.4, -0.2) is 48.9 Å². The lowest BCUT2D eigenvalue weighted by atomic mass is 9.86. The number of fused-ring (bicyclic) bond motifs is 1. The number of nitrogens with one attached hydrogen (secondary N) is 1. The monoisotopic (exact) mass is 433 g/mol. The van der Waals surface area contributed by atoms with Crippen molar-refractivity contribution in [1.29, 1.82) is 4.78 Å². The SMILES string of the molecule is CC1CC(CS(C)=N)C(C)N(c2ccnc(-c3cnc4cnc(C(F)F)cn34)n2)C1. The van der Waals surface area contributed by atoms with Gasteiger partial charge in [-0.1, -0.05) is 6.92 Å². The number of halogens is 2. The van der Waals surface area contributed by atoms with Gasteiger partial charge in [0.25, 0.3) is 6.43 Å². The Hall–Kier alpha value is -2.49. The highest BCUT2D eigenvalue weighted by molar-refractivity contribution is 7.85. The van der Waals surface area contributed by atoms with Crippen molar-refractivity contribution in [3.63, 3.8) is 0 Å². The molecule has 3 aromatic heterocycles. The second kappa shape index (κ2) is 8.33. The van der Waals surface area contributed by atoms with Crippen molar-refractivity contribution < 1.29 is 8.78 Å². The predicted molar refractivity (Wildman–Crippen MR) is 114 cm³/mol. The molecule has 1 aliphatic heterocycles. The molecule has 1 aliphatic rings. The van der Waals surface area contributed by atoms with Gasteiger partial charge >= 0.3 is 0 Å². The van der Waals surface area contributed by atoms with E-state index in [9.17, 15) is 8.78 Å². The summed E-state index contributed by atoms with van der Waals surface area (Å²) in [6, 6.07) is 2.15. The van der Waals surface area contributed by atoms with Gasteiger partial charge in [0.05, 0.1) is 12.4 Å². The van der Waals surface area contributed by atoms with Crippen LogP contribution in [0.5, 0.6) is 0 Å². The molecule has 0 aliphatic carbocycles. The van der Waals surface area contributed by atoms with Crippen LogP contribution in [0, 0.1) is 16.6 Å². The highest BCUT2D eigenvalue weighted by atomic mass is 32.2. The summed E-state index contributed by atoms with van der Waals surface area (Å²) in [5.41, 5.74) is 0.699. The molecule has 0 bridgehead atoms. The van der Waals surface area contributed by atoms with Gasteiger partial charge in [-0.2, -0.15) is 0 Å². The lowest BCUT2D eigenvalue weighted by Gasteiger charge is -2.43. The van der Waals surface area contributed by atoms with Gasteiger partial charge in [0.15, 0.2) is 11.5 Å². The van der Waals surface area contributed by atoms with Crippen molar-refractivity contribution in [2.24, 2.45) is 11.8 Å². The Morgan fingerprint density at radius 1 is 1.23 bits per heavy atom. The number of imidazole rings is 1. The molecule has 4 atom stereocenters. The third kappa shape index (κ3) is 4.05. The smallest absolute Gasteiger partial charge is 0.281 e. The van der Waals surface area contributed by atoms with Crippen molar-refractivity contribution >= 4 is 22.2 Å². The third-order valence-electron chi connectivity index (χ3n) is 5.66. The van der Waals surface area contributed by atoms with E-state index >= 15 is 0 Å². The van der Waals surface area contributed by atoms with E-state index in [1.54, 1.807) is 16.8 Å². The van der Waals surface area contributed by atoms with E-state index in [0.717, 1.165) is 24.5 Å². The Morgan fingerprint density at radius 3 is 2.77 bits per heavy atom. The number of hydrogen-bond acceptors (Lipinski definition) is 6. The van der Waals surface area contributed by atoms with Crippen LogP contribution < -0.4 is 4.90 Å². The quantitative estimate of drug-likeness (QED) is 0.658. The van der Waals surface area contributed by atoms with E-state index in [1.807, 2.05) is 12.3 Å². The molecule has 10 heteroatoms. The summed E-state index contributed by atoms with van der Waals surface area (Å²) in [5, 5.41) is 0. The van der Waals surface area contributed by atoms with Crippen molar-refractivity contribution in [1.82, 2.24) is 24.3 Å². The van der Waals surface area contributed by atoms with Crippen LogP contribution in [0.25, 0.3) is 17.2 Å². The van der Waals surface area contributed by atoms with E-state index in [-0.39, 0.29) is 22.4 Å². The number of hydrogen-bond donors (Lipinski definition) is 1. The van der Waals surface area contributed by atoms with Crippen molar-refractivity contribution in [3.05, 3.63) is 36.5 Å². The third-order valence-corrected chi connectivity index (χ3v) is 6.58. The molecule has 30 heavy (non-hydrogen) atoms. The highest BCUT2D eigenvalue weighted by Gasteiger charge is 2.32. The molecule has 4 heterocycles. The number of aromatic nitrogens is 5. The average Bonchev–Trinajstić information content (AvgIpc) is 3.13. The average molecular weight is 434 g/mol. The maximum absolute atomic E-state index is 13.1. The Kier molecular flexibility index (Phi) is 5.77. The van der Waals surface area contributed by atoms with E-state index in [0.29, 0.717) is 29.0 Å². The number of nitrogens with zero attached hydrogens (tertiary/aromatic N) is 6. The van der Waals surface area contributed by atoms with Crippen molar-refractivity contribution in [2.45, 2.75) is 32.7 Å². The second-order valence-electron chi connectivity index (χ2n) is 8.02. The fourth-order valence-corrected chi connectivity index (χ4v) is 5.25. The first-order valence-electron chi connectivity index (χ1n) is 9.88. The Balaban J connectivity index is 1.70. The van der Waals surface area contributed by atoms with Crippen LogP contribution in [0.3, 0.4) is 0 Å². The first-order chi connectivity index (χ1) is 14.3. The summed E-state index contributed by atoms with van der Waals surface area (Å²) >= 11 is 0. The lowest BCUT2D eigenvalue weighted by molar-refractivity contribution is 0.145. The van der Waals surface area contributed by atoms with Crippen molar-refractivity contribution in [3.8, 4) is 11.5 Å². The molecule has 0 spiro atoms. The minimum absolute atomic E-state index is 0.265. The van der Waals surface area contributed by atoms with Gasteiger partial charge in [0.2, 0.25) is 0 Å². The summed E-state index contributed by atoms with van der Waals surface area (Å²) in [6.45, 7) is 5.31. The Labute approximate surface area is 176 Å². The standard InChI is InChI=1S/C20H25F2N7S/c1-12-6-14(11-30(3)23)13(2)28(9-12)17-4-5-24-20(27-17)16-7-26-18-8-25-15(19(21)22)10-29(16)18/h4-5,7-8,10,12-14,19,23H,6,9,11H2,1-3H3. The number of anilines is 1. The molecule has 4 unspecified atom stereocenters. The molecule has 160 valence electrons. The summed E-state index contributed by atoms with van der Waals surface area (Å²) in [6.07, 6.45) is 6.31. The summed E-state index contributed by atoms with van der Waals surface area (Å²) in [7, 11) is -0.359. The van der Waals surface area contributed by atoms with Gasteiger partial charge < -0.3 is 4.90 Å².